The Morgan fingerprint density at radius 2 is 1.65 bits per heavy atom. The van der Waals surface area contributed by atoms with Crippen molar-refractivity contribution in [2.45, 2.75) is 46.0 Å². The zero-order valence-electron chi connectivity index (χ0n) is 11.2. The molecule has 0 aromatic heterocycles. The zero-order chi connectivity index (χ0) is 12.3. The predicted octanol–water partition coefficient (Wildman–Crippen LogP) is 3.61. The Bertz CT molecular complexity index is 350. The summed E-state index contributed by atoms with van der Waals surface area (Å²) in [5, 5.41) is 0. The van der Waals surface area contributed by atoms with Crippen LogP contribution in [0.5, 0.6) is 0 Å². The van der Waals surface area contributed by atoms with Gasteiger partial charge in [0, 0.05) is 0 Å². The van der Waals surface area contributed by atoms with Crippen LogP contribution in [-0.4, -0.2) is 6.54 Å². The number of hydrogen-bond acceptors (Lipinski definition) is 1. The summed E-state index contributed by atoms with van der Waals surface area (Å²) in [5.41, 5.74) is 10.4. The lowest BCUT2D eigenvalue weighted by atomic mass is 9.75. The third-order valence-electron chi connectivity index (χ3n) is 4.48. The van der Waals surface area contributed by atoms with Crippen molar-refractivity contribution < 1.29 is 0 Å². The molecule has 2 atom stereocenters. The summed E-state index contributed by atoms with van der Waals surface area (Å²) in [6.45, 7) is 5.35. The highest BCUT2D eigenvalue weighted by Gasteiger charge is 2.24. The number of benzene rings is 1. The lowest BCUT2D eigenvalue weighted by Gasteiger charge is -2.31. The van der Waals surface area contributed by atoms with Crippen molar-refractivity contribution >= 4 is 0 Å². The minimum atomic E-state index is 0.753. The largest absolute Gasteiger partial charge is 0.330 e. The van der Waals surface area contributed by atoms with Crippen LogP contribution in [0.3, 0.4) is 0 Å². The highest BCUT2D eigenvalue weighted by molar-refractivity contribution is 5.33. The van der Waals surface area contributed by atoms with Gasteiger partial charge in [-0.15, -0.1) is 0 Å². The van der Waals surface area contributed by atoms with E-state index in [1.807, 2.05) is 0 Å². The molecule has 0 saturated heterocycles. The lowest BCUT2D eigenvalue weighted by molar-refractivity contribution is 0.241. The Labute approximate surface area is 105 Å². The SMILES string of the molecule is Cc1cccc(C)c1CC1CCCCC1CN. The van der Waals surface area contributed by atoms with E-state index < -0.39 is 0 Å². The molecule has 1 aliphatic rings. The number of rotatable bonds is 3. The highest BCUT2D eigenvalue weighted by Crippen LogP contribution is 2.33. The first-order valence-electron chi connectivity index (χ1n) is 6.97. The first kappa shape index (κ1) is 12.6. The maximum absolute atomic E-state index is 5.92. The van der Waals surface area contributed by atoms with Crippen molar-refractivity contribution in [3.05, 3.63) is 34.9 Å². The van der Waals surface area contributed by atoms with Gasteiger partial charge >= 0.3 is 0 Å². The van der Waals surface area contributed by atoms with E-state index in [-0.39, 0.29) is 0 Å². The normalized spacial score (nSPS) is 24.9. The average molecular weight is 231 g/mol. The quantitative estimate of drug-likeness (QED) is 0.845. The summed E-state index contributed by atoms with van der Waals surface area (Å²) in [6.07, 6.45) is 6.72. The van der Waals surface area contributed by atoms with E-state index in [0.29, 0.717) is 0 Å². The van der Waals surface area contributed by atoms with Crippen LogP contribution in [0.1, 0.15) is 42.4 Å². The van der Waals surface area contributed by atoms with Crippen LogP contribution < -0.4 is 5.73 Å². The van der Waals surface area contributed by atoms with E-state index in [9.17, 15) is 0 Å². The Hall–Kier alpha value is -0.820. The summed E-state index contributed by atoms with van der Waals surface area (Å²) >= 11 is 0. The van der Waals surface area contributed by atoms with Crippen LogP contribution in [0.25, 0.3) is 0 Å². The summed E-state index contributed by atoms with van der Waals surface area (Å²) in [6, 6.07) is 6.64. The number of nitrogens with two attached hydrogens (primary N) is 1. The Morgan fingerprint density at radius 1 is 1.06 bits per heavy atom. The Morgan fingerprint density at radius 3 is 2.24 bits per heavy atom. The molecule has 17 heavy (non-hydrogen) atoms. The maximum Gasteiger partial charge on any atom is -0.00461 e. The molecule has 1 fully saturated rings. The molecule has 0 heterocycles. The maximum atomic E-state index is 5.92. The Kier molecular flexibility index (Phi) is 4.22. The van der Waals surface area contributed by atoms with E-state index in [2.05, 4.69) is 32.0 Å². The molecule has 0 spiro atoms. The second-order valence-electron chi connectivity index (χ2n) is 5.61. The van der Waals surface area contributed by atoms with Crippen molar-refractivity contribution in [2.24, 2.45) is 17.6 Å². The molecule has 1 saturated carbocycles. The predicted molar refractivity (Wildman–Crippen MR) is 74.1 cm³/mol. The average Bonchev–Trinajstić information content (AvgIpc) is 2.34. The molecule has 0 bridgehead atoms. The van der Waals surface area contributed by atoms with Crippen LogP contribution in [-0.2, 0) is 6.42 Å². The molecular formula is C16H25N. The van der Waals surface area contributed by atoms with Gasteiger partial charge in [-0.2, -0.15) is 0 Å². The number of aryl methyl sites for hydroxylation is 2. The van der Waals surface area contributed by atoms with Crippen molar-refractivity contribution in [3.63, 3.8) is 0 Å². The molecule has 0 amide bonds. The van der Waals surface area contributed by atoms with Crippen molar-refractivity contribution in [2.75, 3.05) is 6.54 Å². The van der Waals surface area contributed by atoms with Gasteiger partial charge in [-0.25, -0.2) is 0 Å². The number of hydrogen-bond donors (Lipinski definition) is 1. The van der Waals surface area contributed by atoms with Crippen LogP contribution in [0, 0.1) is 25.7 Å². The molecule has 2 N–H and O–H groups in total. The van der Waals surface area contributed by atoms with Gasteiger partial charge in [-0.3, -0.25) is 0 Å². The minimum Gasteiger partial charge on any atom is -0.330 e. The molecule has 2 rings (SSSR count). The molecule has 1 nitrogen and oxygen atoms in total. The van der Waals surface area contributed by atoms with Gasteiger partial charge in [0.25, 0.3) is 0 Å². The zero-order valence-corrected chi connectivity index (χ0v) is 11.2. The van der Waals surface area contributed by atoms with Gasteiger partial charge < -0.3 is 5.73 Å². The topological polar surface area (TPSA) is 26.0 Å². The molecule has 94 valence electrons. The first-order chi connectivity index (χ1) is 8.22. The second kappa shape index (κ2) is 5.68. The monoisotopic (exact) mass is 231 g/mol. The summed E-state index contributed by atoms with van der Waals surface area (Å²) in [5.74, 6) is 1.57. The lowest BCUT2D eigenvalue weighted by Crippen LogP contribution is -2.28. The summed E-state index contributed by atoms with van der Waals surface area (Å²) < 4.78 is 0. The fraction of sp³-hybridized carbons (Fsp3) is 0.625. The van der Waals surface area contributed by atoms with E-state index >= 15 is 0 Å². The fourth-order valence-electron chi connectivity index (χ4n) is 3.30. The van der Waals surface area contributed by atoms with Gasteiger partial charge in [0.2, 0.25) is 0 Å². The van der Waals surface area contributed by atoms with Crippen molar-refractivity contribution in [1.82, 2.24) is 0 Å². The molecule has 2 unspecified atom stereocenters. The van der Waals surface area contributed by atoms with Crippen LogP contribution in [0.2, 0.25) is 0 Å². The van der Waals surface area contributed by atoms with Crippen molar-refractivity contribution in [3.8, 4) is 0 Å². The first-order valence-corrected chi connectivity index (χ1v) is 6.97. The molecule has 0 radical (unpaired) electrons. The van der Waals surface area contributed by atoms with E-state index in [4.69, 9.17) is 5.73 Å². The van der Waals surface area contributed by atoms with E-state index in [1.54, 1.807) is 5.56 Å². The summed E-state index contributed by atoms with van der Waals surface area (Å²) in [7, 11) is 0. The van der Waals surface area contributed by atoms with Crippen molar-refractivity contribution in [1.29, 1.82) is 0 Å². The molecular weight excluding hydrogens is 206 g/mol. The standard InChI is InChI=1S/C16H25N/c1-12-6-5-7-13(2)16(12)10-14-8-3-4-9-15(14)11-17/h5-7,14-15H,3-4,8-11,17H2,1-2H3. The van der Waals surface area contributed by atoms with Gasteiger partial charge in [0.15, 0.2) is 0 Å². The molecule has 1 aromatic carbocycles. The molecule has 1 aliphatic carbocycles. The Balaban J connectivity index is 2.13. The third-order valence-corrected chi connectivity index (χ3v) is 4.48. The van der Waals surface area contributed by atoms with Crippen LogP contribution in [0.15, 0.2) is 18.2 Å². The van der Waals surface area contributed by atoms with E-state index in [1.165, 1.54) is 43.2 Å². The molecule has 0 aliphatic heterocycles. The third kappa shape index (κ3) is 2.90. The smallest absolute Gasteiger partial charge is 0.00461 e. The minimum absolute atomic E-state index is 0.753. The fourth-order valence-corrected chi connectivity index (χ4v) is 3.30. The van der Waals surface area contributed by atoms with Gasteiger partial charge in [-0.1, -0.05) is 31.0 Å². The van der Waals surface area contributed by atoms with Crippen LogP contribution >= 0.6 is 0 Å². The van der Waals surface area contributed by atoms with Gasteiger partial charge in [0.1, 0.15) is 0 Å². The molecule has 1 heteroatoms. The van der Waals surface area contributed by atoms with E-state index in [0.717, 1.165) is 18.4 Å². The molecule has 1 aromatic rings. The second-order valence-corrected chi connectivity index (χ2v) is 5.61. The highest BCUT2D eigenvalue weighted by atomic mass is 14.6. The van der Waals surface area contributed by atoms with Crippen LogP contribution in [0.4, 0.5) is 0 Å². The summed E-state index contributed by atoms with van der Waals surface area (Å²) in [4.78, 5) is 0. The van der Waals surface area contributed by atoms with Gasteiger partial charge in [0.05, 0.1) is 0 Å². The van der Waals surface area contributed by atoms with Gasteiger partial charge in [-0.05, 0) is 68.2 Å².